The fourth-order valence-corrected chi connectivity index (χ4v) is 1.95. The minimum atomic E-state index is -0.168. The van der Waals surface area contributed by atoms with E-state index in [1.165, 1.54) is 19.4 Å². The highest BCUT2D eigenvalue weighted by Crippen LogP contribution is 2.25. The lowest BCUT2D eigenvalue weighted by molar-refractivity contribution is -0.123. The van der Waals surface area contributed by atoms with Crippen LogP contribution in [0, 0.1) is 0 Å². The first-order valence-corrected chi connectivity index (χ1v) is 6.68. The van der Waals surface area contributed by atoms with Gasteiger partial charge in [-0.15, -0.1) is 0 Å². The molecule has 1 aromatic rings. The van der Waals surface area contributed by atoms with Gasteiger partial charge in [0.1, 0.15) is 0 Å². The molecule has 0 unspecified atom stereocenters. The lowest BCUT2D eigenvalue weighted by Crippen LogP contribution is -2.42. The van der Waals surface area contributed by atoms with Crippen LogP contribution in [0.1, 0.15) is 5.56 Å². The Labute approximate surface area is 123 Å². The zero-order valence-corrected chi connectivity index (χ0v) is 11.9. The van der Waals surface area contributed by atoms with Gasteiger partial charge in [-0.05, 0) is 23.8 Å². The number of carbonyl (C=O) groups excluding carboxylic acids is 1. The summed E-state index contributed by atoms with van der Waals surface area (Å²) in [5.74, 6) is 0.253. The molecule has 0 radical (unpaired) electrons. The van der Waals surface area contributed by atoms with Gasteiger partial charge in [0.25, 0.3) is 5.91 Å². The number of ether oxygens (including phenoxy) is 2. The van der Waals surface area contributed by atoms with E-state index >= 15 is 0 Å². The van der Waals surface area contributed by atoms with Gasteiger partial charge in [0.05, 0.1) is 33.1 Å². The van der Waals surface area contributed by atoms with Crippen molar-refractivity contribution in [1.29, 1.82) is 0 Å². The molecule has 1 aliphatic heterocycles. The summed E-state index contributed by atoms with van der Waals surface area (Å²) < 4.78 is 10.2. The average Bonchev–Trinajstić information content (AvgIpc) is 2.50. The molecule has 21 heavy (non-hydrogen) atoms. The number of hydrogen-bond donors (Lipinski definition) is 2. The Balaban J connectivity index is 1.82. The number of amides is 1. The summed E-state index contributed by atoms with van der Waals surface area (Å²) in [6.07, 6.45) is 1.50. The van der Waals surface area contributed by atoms with E-state index in [-0.39, 0.29) is 11.7 Å². The Morgan fingerprint density at radius 2 is 2.29 bits per heavy atom. The van der Waals surface area contributed by atoms with Crippen molar-refractivity contribution in [3.8, 4) is 11.5 Å². The molecule has 1 aliphatic rings. The number of phenols is 1. The van der Waals surface area contributed by atoms with Crippen LogP contribution in [0.15, 0.2) is 23.3 Å². The van der Waals surface area contributed by atoms with E-state index in [0.717, 1.165) is 18.7 Å². The van der Waals surface area contributed by atoms with Gasteiger partial charge in [-0.1, -0.05) is 0 Å². The van der Waals surface area contributed by atoms with Crippen LogP contribution in [0.5, 0.6) is 11.5 Å². The maximum Gasteiger partial charge on any atom is 0.254 e. The van der Waals surface area contributed by atoms with Gasteiger partial charge in [-0.3, -0.25) is 9.69 Å². The van der Waals surface area contributed by atoms with E-state index in [1.807, 2.05) is 4.90 Å². The van der Waals surface area contributed by atoms with Crippen LogP contribution in [-0.4, -0.2) is 62.1 Å². The Morgan fingerprint density at radius 1 is 1.52 bits per heavy atom. The van der Waals surface area contributed by atoms with Crippen LogP contribution in [0.2, 0.25) is 0 Å². The predicted octanol–water partition coefficient (Wildman–Crippen LogP) is 0.183. The first-order chi connectivity index (χ1) is 10.2. The summed E-state index contributed by atoms with van der Waals surface area (Å²) in [7, 11) is 1.47. The van der Waals surface area contributed by atoms with Crippen molar-refractivity contribution in [3.63, 3.8) is 0 Å². The maximum atomic E-state index is 11.7. The number of morpholine rings is 1. The van der Waals surface area contributed by atoms with E-state index in [1.54, 1.807) is 12.1 Å². The predicted molar refractivity (Wildman–Crippen MR) is 77.7 cm³/mol. The highest BCUT2D eigenvalue weighted by molar-refractivity contribution is 5.83. The van der Waals surface area contributed by atoms with Crippen LogP contribution in [0.4, 0.5) is 0 Å². The molecule has 0 saturated carbocycles. The molecule has 0 aliphatic carbocycles. The number of aromatic hydroxyl groups is 1. The summed E-state index contributed by atoms with van der Waals surface area (Å²) in [5, 5.41) is 13.4. The topological polar surface area (TPSA) is 83.4 Å². The summed E-state index contributed by atoms with van der Waals surface area (Å²) in [6, 6.07) is 4.82. The lowest BCUT2D eigenvalue weighted by atomic mass is 10.2. The molecular weight excluding hydrogens is 274 g/mol. The molecule has 1 fully saturated rings. The Kier molecular flexibility index (Phi) is 5.53. The highest BCUT2D eigenvalue weighted by atomic mass is 16.5. The molecule has 7 heteroatoms. The van der Waals surface area contributed by atoms with E-state index in [0.29, 0.717) is 25.5 Å². The van der Waals surface area contributed by atoms with Crippen molar-refractivity contribution in [3.05, 3.63) is 23.8 Å². The fourth-order valence-electron chi connectivity index (χ4n) is 1.95. The quantitative estimate of drug-likeness (QED) is 0.598. The molecule has 1 aromatic carbocycles. The Hall–Kier alpha value is -2.12. The third-order valence-corrected chi connectivity index (χ3v) is 3.08. The first-order valence-electron chi connectivity index (χ1n) is 6.68. The number of phenolic OH excluding ortho intramolecular Hbond substituents is 1. The summed E-state index contributed by atoms with van der Waals surface area (Å²) in [5.41, 5.74) is 3.19. The van der Waals surface area contributed by atoms with Crippen LogP contribution >= 0.6 is 0 Å². The van der Waals surface area contributed by atoms with Gasteiger partial charge < -0.3 is 14.6 Å². The molecule has 2 rings (SSSR count). The van der Waals surface area contributed by atoms with Crippen LogP contribution < -0.4 is 10.2 Å². The molecule has 0 bridgehead atoms. The maximum absolute atomic E-state index is 11.7. The number of benzene rings is 1. The molecule has 114 valence electrons. The second-order valence-corrected chi connectivity index (χ2v) is 4.61. The average molecular weight is 293 g/mol. The highest BCUT2D eigenvalue weighted by Gasteiger charge is 2.13. The van der Waals surface area contributed by atoms with Gasteiger partial charge >= 0.3 is 0 Å². The lowest BCUT2D eigenvalue weighted by Gasteiger charge is -2.25. The van der Waals surface area contributed by atoms with Crippen LogP contribution in [0.25, 0.3) is 0 Å². The largest absolute Gasteiger partial charge is 0.504 e. The third kappa shape index (κ3) is 4.73. The Morgan fingerprint density at radius 3 is 3.00 bits per heavy atom. The van der Waals surface area contributed by atoms with E-state index < -0.39 is 0 Å². The summed E-state index contributed by atoms with van der Waals surface area (Å²) >= 11 is 0. The van der Waals surface area contributed by atoms with Crippen molar-refractivity contribution < 1.29 is 19.4 Å². The number of hydrazone groups is 1. The molecule has 0 spiro atoms. The zero-order valence-electron chi connectivity index (χ0n) is 11.9. The number of carbonyl (C=O) groups is 1. The molecular formula is C14H19N3O4. The molecule has 1 saturated heterocycles. The normalized spacial score (nSPS) is 16.0. The van der Waals surface area contributed by atoms with Crippen molar-refractivity contribution in [1.82, 2.24) is 10.3 Å². The molecule has 1 amide bonds. The van der Waals surface area contributed by atoms with Crippen molar-refractivity contribution in [2.75, 3.05) is 40.0 Å². The van der Waals surface area contributed by atoms with Gasteiger partial charge in [0.15, 0.2) is 11.5 Å². The molecule has 2 N–H and O–H groups in total. The van der Waals surface area contributed by atoms with Gasteiger partial charge in [0.2, 0.25) is 0 Å². The third-order valence-electron chi connectivity index (χ3n) is 3.08. The summed E-state index contributed by atoms with van der Waals surface area (Å²) in [4.78, 5) is 13.7. The number of nitrogens with zero attached hydrogens (tertiary/aromatic N) is 2. The minimum Gasteiger partial charge on any atom is -0.504 e. The zero-order chi connectivity index (χ0) is 15.1. The van der Waals surface area contributed by atoms with Crippen molar-refractivity contribution in [2.45, 2.75) is 0 Å². The summed E-state index contributed by atoms with van der Waals surface area (Å²) in [6.45, 7) is 3.13. The second kappa shape index (κ2) is 7.61. The molecule has 7 nitrogen and oxygen atoms in total. The Bertz CT molecular complexity index is 513. The molecule has 0 atom stereocenters. The van der Waals surface area contributed by atoms with Gasteiger partial charge in [-0.2, -0.15) is 5.10 Å². The number of methoxy groups -OCH3 is 1. The SMILES string of the molecule is COc1cc(/C=N\NC(=O)CN2CCOCC2)ccc1O. The smallest absolute Gasteiger partial charge is 0.254 e. The van der Waals surface area contributed by atoms with E-state index in [4.69, 9.17) is 9.47 Å². The molecule has 1 heterocycles. The van der Waals surface area contributed by atoms with Gasteiger partial charge in [0, 0.05) is 13.1 Å². The van der Waals surface area contributed by atoms with E-state index in [2.05, 4.69) is 10.5 Å². The van der Waals surface area contributed by atoms with Crippen molar-refractivity contribution in [2.24, 2.45) is 5.10 Å². The number of rotatable bonds is 5. The van der Waals surface area contributed by atoms with Crippen molar-refractivity contribution >= 4 is 12.1 Å². The number of nitrogens with one attached hydrogen (secondary N) is 1. The van der Waals surface area contributed by atoms with Crippen LogP contribution in [-0.2, 0) is 9.53 Å². The fraction of sp³-hybridized carbons (Fsp3) is 0.429. The first kappa shape index (κ1) is 15.3. The minimum absolute atomic E-state index is 0.0611. The van der Waals surface area contributed by atoms with E-state index in [9.17, 15) is 9.90 Å². The monoisotopic (exact) mass is 293 g/mol. The standard InChI is InChI=1S/C14H19N3O4/c1-20-13-8-11(2-3-12(13)18)9-15-16-14(19)10-17-4-6-21-7-5-17/h2-3,8-9,18H,4-7,10H2,1H3,(H,16,19)/b15-9-. The second-order valence-electron chi connectivity index (χ2n) is 4.61. The number of hydrogen-bond acceptors (Lipinski definition) is 6. The molecule has 0 aromatic heterocycles. The van der Waals surface area contributed by atoms with Gasteiger partial charge in [-0.25, -0.2) is 5.43 Å². The van der Waals surface area contributed by atoms with Crippen LogP contribution in [0.3, 0.4) is 0 Å².